The molecule has 0 aliphatic carbocycles. The molecule has 0 heterocycles. The van der Waals surface area contributed by atoms with Gasteiger partial charge in [-0.3, -0.25) is 0 Å². The van der Waals surface area contributed by atoms with Crippen LogP contribution in [0.1, 0.15) is 5.56 Å². The number of nitrogens with one attached hydrogen (secondary N) is 1. The van der Waals surface area contributed by atoms with Gasteiger partial charge in [0, 0.05) is 18.8 Å². The van der Waals surface area contributed by atoms with Gasteiger partial charge in [0.25, 0.3) is 0 Å². The molecule has 0 atom stereocenters. The van der Waals surface area contributed by atoms with Crippen molar-refractivity contribution in [2.24, 2.45) is 0 Å². The molecule has 2 rings (SSSR count). The highest BCUT2D eigenvalue weighted by Crippen LogP contribution is 2.17. The standard InChI is InChI=1S/C14H15NO/c1-15-13-8-5-9-14(10-13)16-11-12-6-3-2-4-7-12/h2-10,15H,11H2,1H3. The highest BCUT2D eigenvalue weighted by molar-refractivity contribution is 5.47. The second-order valence-corrected chi connectivity index (χ2v) is 3.55. The summed E-state index contributed by atoms with van der Waals surface area (Å²) in [5, 5.41) is 3.09. The van der Waals surface area contributed by atoms with Crippen molar-refractivity contribution in [1.29, 1.82) is 0 Å². The molecule has 0 aromatic heterocycles. The molecule has 82 valence electrons. The average Bonchev–Trinajstić information content (AvgIpc) is 2.38. The van der Waals surface area contributed by atoms with E-state index in [1.807, 2.05) is 49.5 Å². The Hall–Kier alpha value is -1.96. The smallest absolute Gasteiger partial charge is 0.121 e. The molecule has 2 aromatic rings. The number of benzene rings is 2. The van der Waals surface area contributed by atoms with Crippen LogP contribution in [0.4, 0.5) is 5.69 Å². The normalized spacial score (nSPS) is 9.81. The minimum Gasteiger partial charge on any atom is -0.489 e. The van der Waals surface area contributed by atoms with Crippen LogP contribution in [0.15, 0.2) is 54.6 Å². The van der Waals surface area contributed by atoms with Crippen LogP contribution in [-0.2, 0) is 6.61 Å². The van der Waals surface area contributed by atoms with Gasteiger partial charge in [0.15, 0.2) is 0 Å². The van der Waals surface area contributed by atoms with Crippen molar-refractivity contribution in [3.8, 4) is 5.75 Å². The van der Waals surface area contributed by atoms with Crippen molar-refractivity contribution in [3.63, 3.8) is 0 Å². The summed E-state index contributed by atoms with van der Waals surface area (Å²) in [5.74, 6) is 0.885. The molecule has 0 spiro atoms. The summed E-state index contributed by atoms with van der Waals surface area (Å²) in [5.41, 5.74) is 2.24. The largest absolute Gasteiger partial charge is 0.489 e. The molecule has 0 saturated heterocycles. The summed E-state index contributed by atoms with van der Waals surface area (Å²) in [4.78, 5) is 0. The van der Waals surface area contributed by atoms with Gasteiger partial charge in [0.05, 0.1) is 0 Å². The Kier molecular flexibility index (Phi) is 3.44. The van der Waals surface area contributed by atoms with E-state index in [1.165, 1.54) is 5.56 Å². The third-order valence-corrected chi connectivity index (χ3v) is 2.37. The van der Waals surface area contributed by atoms with Gasteiger partial charge in [-0.1, -0.05) is 36.4 Å². The van der Waals surface area contributed by atoms with Crippen molar-refractivity contribution >= 4 is 5.69 Å². The molecule has 0 aliphatic heterocycles. The van der Waals surface area contributed by atoms with Gasteiger partial charge in [-0.2, -0.15) is 0 Å². The highest BCUT2D eigenvalue weighted by Gasteiger charge is 1.96. The van der Waals surface area contributed by atoms with Gasteiger partial charge >= 0.3 is 0 Å². The third kappa shape index (κ3) is 2.76. The van der Waals surface area contributed by atoms with E-state index in [2.05, 4.69) is 17.4 Å². The Morgan fingerprint density at radius 1 is 1.00 bits per heavy atom. The van der Waals surface area contributed by atoms with Crippen LogP contribution in [0.25, 0.3) is 0 Å². The van der Waals surface area contributed by atoms with Gasteiger partial charge in [-0.15, -0.1) is 0 Å². The Bertz CT molecular complexity index is 439. The summed E-state index contributed by atoms with van der Waals surface area (Å²) in [6.45, 7) is 0.605. The molecule has 2 aromatic carbocycles. The average molecular weight is 213 g/mol. The summed E-state index contributed by atoms with van der Waals surface area (Å²) in [7, 11) is 1.90. The maximum Gasteiger partial charge on any atom is 0.121 e. The van der Waals surface area contributed by atoms with E-state index in [0.717, 1.165) is 11.4 Å². The van der Waals surface area contributed by atoms with Crippen LogP contribution in [0.3, 0.4) is 0 Å². The van der Waals surface area contributed by atoms with E-state index < -0.39 is 0 Å². The predicted molar refractivity (Wildman–Crippen MR) is 66.8 cm³/mol. The number of anilines is 1. The van der Waals surface area contributed by atoms with Crippen LogP contribution in [0, 0.1) is 0 Å². The van der Waals surface area contributed by atoms with Gasteiger partial charge < -0.3 is 10.1 Å². The first-order chi connectivity index (χ1) is 7.88. The quantitative estimate of drug-likeness (QED) is 0.841. The number of ether oxygens (including phenoxy) is 1. The lowest BCUT2D eigenvalue weighted by atomic mass is 10.2. The van der Waals surface area contributed by atoms with Gasteiger partial charge in [0.2, 0.25) is 0 Å². The summed E-state index contributed by atoms with van der Waals surface area (Å²) in [6, 6.07) is 18.1. The van der Waals surface area contributed by atoms with Crippen molar-refractivity contribution in [2.75, 3.05) is 12.4 Å². The van der Waals surface area contributed by atoms with Crippen LogP contribution >= 0.6 is 0 Å². The SMILES string of the molecule is CNc1cccc(OCc2ccccc2)c1. The van der Waals surface area contributed by atoms with E-state index >= 15 is 0 Å². The lowest BCUT2D eigenvalue weighted by Gasteiger charge is -2.07. The minimum atomic E-state index is 0.605. The maximum atomic E-state index is 5.69. The van der Waals surface area contributed by atoms with E-state index in [9.17, 15) is 0 Å². The fourth-order valence-electron chi connectivity index (χ4n) is 1.48. The topological polar surface area (TPSA) is 21.3 Å². The molecule has 0 bridgehead atoms. The molecule has 16 heavy (non-hydrogen) atoms. The molecular formula is C14H15NO. The van der Waals surface area contributed by atoms with E-state index in [-0.39, 0.29) is 0 Å². The molecule has 0 aliphatic rings. The monoisotopic (exact) mass is 213 g/mol. The fraction of sp³-hybridized carbons (Fsp3) is 0.143. The number of rotatable bonds is 4. The Morgan fingerprint density at radius 3 is 2.56 bits per heavy atom. The maximum absolute atomic E-state index is 5.69. The molecule has 0 unspecified atom stereocenters. The number of hydrogen-bond donors (Lipinski definition) is 1. The third-order valence-electron chi connectivity index (χ3n) is 2.37. The molecule has 2 heteroatoms. The first kappa shape index (κ1) is 10.6. The molecule has 1 N–H and O–H groups in total. The van der Waals surface area contributed by atoms with Crippen molar-refractivity contribution in [2.45, 2.75) is 6.61 Å². The summed E-state index contributed by atoms with van der Waals surface area (Å²) >= 11 is 0. The van der Waals surface area contributed by atoms with Gasteiger partial charge in [-0.05, 0) is 17.7 Å². The Morgan fingerprint density at radius 2 is 1.81 bits per heavy atom. The first-order valence-electron chi connectivity index (χ1n) is 5.33. The Balaban J connectivity index is 1.99. The summed E-state index contributed by atoms with van der Waals surface area (Å²) < 4.78 is 5.69. The predicted octanol–water partition coefficient (Wildman–Crippen LogP) is 3.31. The van der Waals surface area contributed by atoms with Crippen LogP contribution in [0.2, 0.25) is 0 Å². The minimum absolute atomic E-state index is 0.605. The van der Waals surface area contributed by atoms with E-state index in [1.54, 1.807) is 0 Å². The first-order valence-corrected chi connectivity index (χ1v) is 5.33. The van der Waals surface area contributed by atoms with Crippen molar-refractivity contribution in [1.82, 2.24) is 0 Å². The molecular weight excluding hydrogens is 198 g/mol. The van der Waals surface area contributed by atoms with Gasteiger partial charge in [-0.25, -0.2) is 0 Å². The molecule has 2 nitrogen and oxygen atoms in total. The van der Waals surface area contributed by atoms with E-state index in [0.29, 0.717) is 6.61 Å². The molecule has 0 fully saturated rings. The van der Waals surface area contributed by atoms with Gasteiger partial charge in [0.1, 0.15) is 12.4 Å². The van der Waals surface area contributed by atoms with E-state index in [4.69, 9.17) is 4.74 Å². The molecule has 0 radical (unpaired) electrons. The lowest BCUT2D eigenvalue weighted by molar-refractivity contribution is 0.306. The van der Waals surface area contributed by atoms with Crippen LogP contribution < -0.4 is 10.1 Å². The fourth-order valence-corrected chi connectivity index (χ4v) is 1.48. The highest BCUT2D eigenvalue weighted by atomic mass is 16.5. The second-order valence-electron chi connectivity index (χ2n) is 3.55. The zero-order valence-corrected chi connectivity index (χ0v) is 9.31. The van der Waals surface area contributed by atoms with Crippen LogP contribution in [0.5, 0.6) is 5.75 Å². The van der Waals surface area contributed by atoms with Crippen molar-refractivity contribution in [3.05, 3.63) is 60.2 Å². The zero-order chi connectivity index (χ0) is 11.2. The molecule has 0 saturated carbocycles. The summed E-state index contributed by atoms with van der Waals surface area (Å²) in [6.07, 6.45) is 0. The van der Waals surface area contributed by atoms with Crippen molar-refractivity contribution < 1.29 is 4.74 Å². The second kappa shape index (κ2) is 5.21. The molecule has 0 amide bonds. The number of hydrogen-bond acceptors (Lipinski definition) is 2. The lowest BCUT2D eigenvalue weighted by Crippen LogP contribution is -1.95. The van der Waals surface area contributed by atoms with Crippen LogP contribution in [-0.4, -0.2) is 7.05 Å². The zero-order valence-electron chi connectivity index (χ0n) is 9.31. The Labute approximate surface area is 95.9 Å².